The number of anilines is 1. The Balaban J connectivity index is 1.71. The minimum atomic E-state index is -1.93. The van der Waals surface area contributed by atoms with Crippen molar-refractivity contribution in [1.29, 1.82) is 0 Å². The van der Waals surface area contributed by atoms with Crippen molar-refractivity contribution in [3.8, 4) is 5.75 Å². The van der Waals surface area contributed by atoms with Crippen molar-refractivity contribution in [2.75, 3.05) is 38.2 Å². The molecule has 2 aromatic carbocycles. The quantitative estimate of drug-likeness (QED) is 0.223. The Bertz CT molecular complexity index is 1120. The molecule has 1 heterocycles. The number of benzene rings is 2. The van der Waals surface area contributed by atoms with Gasteiger partial charge in [-0.2, -0.15) is 8.78 Å². The molecule has 1 saturated heterocycles. The number of nitro benzene ring substituents is 1. The number of amides is 1. The molecule has 0 aliphatic carbocycles. The van der Waals surface area contributed by atoms with E-state index < -0.39 is 45.4 Å². The summed E-state index contributed by atoms with van der Waals surface area (Å²) in [4.78, 5) is 26.2. The summed E-state index contributed by atoms with van der Waals surface area (Å²) < 4.78 is 60.3. The zero-order valence-corrected chi connectivity index (χ0v) is 18.4. The van der Waals surface area contributed by atoms with Crippen molar-refractivity contribution in [3.63, 3.8) is 0 Å². The average Bonchev–Trinajstić information content (AvgIpc) is 2.78. The van der Waals surface area contributed by atoms with Gasteiger partial charge in [0.1, 0.15) is 11.3 Å². The first-order valence-electron chi connectivity index (χ1n) is 9.25. The molecule has 1 N–H and O–H groups in total. The van der Waals surface area contributed by atoms with Crippen molar-refractivity contribution >= 4 is 46.2 Å². The molecule has 176 valence electrons. The summed E-state index contributed by atoms with van der Waals surface area (Å²) in [5.41, 5.74) is -1.32. The number of rotatable bonds is 4. The summed E-state index contributed by atoms with van der Waals surface area (Å²) in [5.74, 6) is -10.3. The fourth-order valence-electron chi connectivity index (χ4n) is 3.29. The average molecular weight is 507 g/mol. The number of ether oxygens (including phenoxy) is 1. The van der Waals surface area contributed by atoms with Crippen molar-refractivity contribution in [2.24, 2.45) is 0 Å². The SMILES string of the molecule is COc1c(F)c(F)c(C(=O)NC(=S)N2CCN(c3ccc(Cl)cc3[N+](=O)[O-])CC2)c(F)c1F. The third-order valence-electron chi connectivity index (χ3n) is 4.92. The molecule has 2 aromatic rings. The van der Waals surface area contributed by atoms with Gasteiger partial charge in [0.05, 0.1) is 12.0 Å². The Labute approximate surface area is 194 Å². The lowest BCUT2D eigenvalue weighted by Crippen LogP contribution is -2.53. The fraction of sp³-hybridized carbons (Fsp3) is 0.263. The number of halogens is 5. The molecule has 33 heavy (non-hydrogen) atoms. The molecular formula is C19H15ClF4N4O4S. The molecule has 14 heteroatoms. The van der Waals surface area contributed by atoms with Gasteiger partial charge in [-0.15, -0.1) is 0 Å². The Kier molecular flexibility index (Phi) is 7.22. The van der Waals surface area contributed by atoms with Gasteiger partial charge in [0, 0.05) is 37.3 Å². The maximum Gasteiger partial charge on any atom is 0.294 e. The summed E-state index contributed by atoms with van der Waals surface area (Å²) >= 11 is 10.9. The predicted octanol–water partition coefficient (Wildman–Crippen LogP) is 3.65. The summed E-state index contributed by atoms with van der Waals surface area (Å²) in [6, 6.07) is 4.25. The van der Waals surface area contributed by atoms with Crippen LogP contribution in [0.1, 0.15) is 10.4 Å². The van der Waals surface area contributed by atoms with Crippen LogP contribution in [0.5, 0.6) is 5.75 Å². The number of carbonyl (C=O) groups excluding carboxylic acids is 1. The summed E-state index contributed by atoms with van der Waals surface area (Å²) in [6.07, 6.45) is 0. The van der Waals surface area contributed by atoms with E-state index in [1.807, 2.05) is 0 Å². The smallest absolute Gasteiger partial charge is 0.294 e. The van der Waals surface area contributed by atoms with Crippen LogP contribution in [0.2, 0.25) is 5.02 Å². The topological polar surface area (TPSA) is 88.0 Å². The molecule has 1 aliphatic heterocycles. The monoisotopic (exact) mass is 506 g/mol. The molecule has 0 unspecified atom stereocenters. The first-order chi connectivity index (χ1) is 15.6. The third-order valence-corrected chi connectivity index (χ3v) is 5.51. The van der Waals surface area contributed by atoms with Gasteiger partial charge in [-0.3, -0.25) is 20.2 Å². The molecule has 0 aromatic heterocycles. The van der Waals surface area contributed by atoms with Crippen LogP contribution in [0, 0.1) is 33.4 Å². The van der Waals surface area contributed by atoms with Gasteiger partial charge in [-0.05, 0) is 24.4 Å². The standard InChI is InChI=1S/C19H15ClF4N4O4S/c1-32-17-15(23)13(21)12(14(22)16(17)24)18(29)25-19(33)27-6-4-26(5-7-27)10-3-2-9(20)8-11(10)28(30)31/h2-3,8H,4-7H2,1H3,(H,25,29,33). The highest BCUT2D eigenvalue weighted by Crippen LogP contribution is 2.32. The summed E-state index contributed by atoms with van der Waals surface area (Å²) in [6.45, 7) is 0.893. The molecule has 0 radical (unpaired) electrons. The lowest BCUT2D eigenvalue weighted by Gasteiger charge is -2.37. The van der Waals surface area contributed by atoms with Crippen LogP contribution in [-0.2, 0) is 0 Å². The lowest BCUT2D eigenvalue weighted by molar-refractivity contribution is -0.384. The molecule has 1 amide bonds. The largest absolute Gasteiger partial charge is 0.491 e. The van der Waals surface area contributed by atoms with E-state index in [0.717, 1.165) is 7.11 Å². The Morgan fingerprint density at radius 2 is 1.70 bits per heavy atom. The van der Waals surface area contributed by atoms with Crippen LogP contribution < -0.4 is 15.0 Å². The van der Waals surface area contributed by atoms with Crippen LogP contribution in [0.15, 0.2) is 18.2 Å². The number of nitrogens with zero attached hydrogens (tertiary/aromatic N) is 3. The minimum absolute atomic E-state index is 0.179. The van der Waals surface area contributed by atoms with E-state index in [1.54, 1.807) is 4.90 Å². The predicted molar refractivity (Wildman–Crippen MR) is 115 cm³/mol. The number of piperazine rings is 1. The van der Waals surface area contributed by atoms with E-state index in [2.05, 4.69) is 10.1 Å². The highest BCUT2D eigenvalue weighted by atomic mass is 35.5. The van der Waals surface area contributed by atoms with Crippen molar-refractivity contribution < 1.29 is 32.0 Å². The number of thiocarbonyl (C=S) groups is 1. The first-order valence-corrected chi connectivity index (χ1v) is 10.0. The number of nitro groups is 1. The van der Waals surface area contributed by atoms with Gasteiger partial charge in [-0.1, -0.05) is 11.6 Å². The Morgan fingerprint density at radius 3 is 2.21 bits per heavy atom. The van der Waals surface area contributed by atoms with E-state index in [1.165, 1.54) is 23.1 Å². The highest BCUT2D eigenvalue weighted by Gasteiger charge is 2.31. The molecule has 8 nitrogen and oxygen atoms in total. The normalized spacial score (nSPS) is 13.6. The van der Waals surface area contributed by atoms with Gasteiger partial charge >= 0.3 is 0 Å². The molecule has 1 fully saturated rings. The molecule has 0 atom stereocenters. The van der Waals surface area contributed by atoms with Crippen LogP contribution in [0.4, 0.5) is 28.9 Å². The third kappa shape index (κ3) is 4.78. The van der Waals surface area contributed by atoms with Crippen LogP contribution in [-0.4, -0.2) is 54.1 Å². The number of nitrogens with one attached hydrogen (secondary N) is 1. The van der Waals surface area contributed by atoms with Gasteiger partial charge in [0.25, 0.3) is 11.6 Å². The van der Waals surface area contributed by atoms with Crippen LogP contribution in [0.25, 0.3) is 0 Å². The Morgan fingerprint density at radius 1 is 1.12 bits per heavy atom. The van der Waals surface area contributed by atoms with Crippen molar-refractivity contribution in [2.45, 2.75) is 0 Å². The maximum atomic E-state index is 14.2. The number of hydrogen-bond acceptors (Lipinski definition) is 6. The molecule has 0 bridgehead atoms. The molecule has 3 rings (SSSR count). The van der Waals surface area contributed by atoms with Gasteiger partial charge < -0.3 is 14.5 Å². The minimum Gasteiger partial charge on any atom is -0.491 e. The van der Waals surface area contributed by atoms with E-state index in [9.17, 15) is 32.5 Å². The number of hydrogen-bond donors (Lipinski definition) is 1. The summed E-state index contributed by atoms with van der Waals surface area (Å²) in [5, 5.41) is 13.3. The zero-order chi connectivity index (χ0) is 24.4. The molecule has 1 aliphatic rings. The fourth-order valence-corrected chi connectivity index (χ4v) is 3.73. The maximum absolute atomic E-state index is 14.2. The van der Waals surface area contributed by atoms with E-state index in [-0.39, 0.29) is 42.0 Å². The van der Waals surface area contributed by atoms with E-state index >= 15 is 0 Å². The number of carbonyl (C=O) groups is 1. The van der Waals surface area contributed by atoms with Gasteiger partial charge in [0.15, 0.2) is 22.5 Å². The van der Waals surface area contributed by atoms with Crippen molar-refractivity contribution in [1.82, 2.24) is 10.2 Å². The molecule has 0 saturated carbocycles. The van der Waals surface area contributed by atoms with Gasteiger partial charge in [-0.25, -0.2) is 8.78 Å². The second-order valence-corrected chi connectivity index (χ2v) is 7.61. The van der Waals surface area contributed by atoms with E-state index in [0.29, 0.717) is 5.69 Å². The van der Waals surface area contributed by atoms with Crippen molar-refractivity contribution in [3.05, 3.63) is 62.2 Å². The summed E-state index contributed by atoms with van der Waals surface area (Å²) in [7, 11) is 0.813. The molecular weight excluding hydrogens is 492 g/mol. The first kappa shape index (κ1) is 24.5. The highest BCUT2D eigenvalue weighted by molar-refractivity contribution is 7.80. The second kappa shape index (κ2) is 9.75. The molecule has 0 spiro atoms. The lowest BCUT2D eigenvalue weighted by atomic mass is 10.1. The Hall–Kier alpha value is -3.19. The zero-order valence-electron chi connectivity index (χ0n) is 16.8. The van der Waals surface area contributed by atoms with Crippen LogP contribution >= 0.6 is 23.8 Å². The number of methoxy groups -OCH3 is 1. The second-order valence-electron chi connectivity index (χ2n) is 6.79. The van der Waals surface area contributed by atoms with E-state index in [4.69, 9.17) is 23.8 Å². The van der Waals surface area contributed by atoms with Crippen LogP contribution in [0.3, 0.4) is 0 Å². The van der Waals surface area contributed by atoms with Gasteiger partial charge in [0.2, 0.25) is 11.6 Å².